The van der Waals surface area contributed by atoms with Crippen LogP contribution in [0.25, 0.3) is 0 Å². The van der Waals surface area contributed by atoms with Gasteiger partial charge in [-0.15, -0.1) is 0 Å². The molecule has 10 heavy (non-hydrogen) atoms. The fraction of sp³-hybridized carbons (Fsp3) is 0.200. The summed E-state index contributed by atoms with van der Waals surface area (Å²) in [5.41, 5.74) is -0.303. The molecule has 0 aliphatic rings. The van der Waals surface area contributed by atoms with Crippen molar-refractivity contribution in [3.05, 3.63) is 12.2 Å². The van der Waals surface area contributed by atoms with E-state index in [4.69, 9.17) is 10.2 Å². The van der Waals surface area contributed by atoms with E-state index in [-0.39, 0.29) is 63.8 Å². The van der Waals surface area contributed by atoms with Crippen LogP contribution in [-0.4, -0.2) is 80.3 Å². The Bertz CT molecular complexity index is 163. The first-order chi connectivity index (χ1) is 4.04. The van der Waals surface area contributed by atoms with Crippen LogP contribution in [0, 0.1) is 0 Å². The minimum absolute atomic E-state index is 0. The SMILES string of the molecule is C=C(CC(=O)O)C(=O)O.[Rb]. The summed E-state index contributed by atoms with van der Waals surface area (Å²) in [6.45, 7) is 3.01. The van der Waals surface area contributed by atoms with Crippen molar-refractivity contribution in [3.8, 4) is 0 Å². The van der Waals surface area contributed by atoms with Gasteiger partial charge in [-0.3, -0.25) is 4.79 Å². The van der Waals surface area contributed by atoms with Crippen LogP contribution in [0.1, 0.15) is 6.42 Å². The molecule has 1 radical (unpaired) electrons. The average molecular weight is 216 g/mol. The molecule has 4 nitrogen and oxygen atoms in total. The van der Waals surface area contributed by atoms with E-state index in [1.165, 1.54) is 0 Å². The maximum atomic E-state index is 9.87. The number of aliphatic carboxylic acids is 2. The molecule has 0 aliphatic heterocycles. The number of carboxylic acid groups (broad SMARTS) is 2. The molecule has 2 N–H and O–H groups in total. The number of hydrogen-bond donors (Lipinski definition) is 2. The minimum Gasteiger partial charge on any atom is -0.481 e. The molecule has 0 rings (SSSR count). The van der Waals surface area contributed by atoms with Crippen LogP contribution >= 0.6 is 0 Å². The molecule has 0 heterocycles. The zero-order chi connectivity index (χ0) is 7.44. The first kappa shape index (κ1) is 13.1. The third-order valence-corrected chi connectivity index (χ3v) is 0.667. The monoisotopic (exact) mass is 215 g/mol. The van der Waals surface area contributed by atoms with Gasteiger partial charge in [-0.1, -0.05) is 6.58 Å². The predicted molar refractivity (Wildman–Crippen MR) is 34.8 cm³/mol. The van der Waals surface area contributed by atoms with Gasteiger partial charge in [0.05, 0.1) is 6.42 Å². The van der Waals surface area contributed by atoms with E-state index in [0.29, 0.717) is 0 Å². The summed E-state index contributed by atoms with van der Waals surface area (Å²) < 4.78 is 0. The fourth-order valence-electron chi connectivity index (χ4n) is 0.258. The van der Waals surface area contributed by atoms with Crippen LogP contribution in [0.4, 0.5) is 0 Å². The number of hydrogen-bond acceptors (Lipinski definition) is 2. The second kappa shape index (κ2) is 6.21. The van der Waals surface area contributed by atoms with E-state index in [9.17, 15) is 9.59 Å². The van der Waals surface area contributed by atoms with Gasteiger partial charge in [0.2, 0.25) is 0 Å². The molecule has 0 fully saturated rings. The third-order valence-electron chi connectivity index (χ3n) is 0.667. The molecule has 0 saturated heterocycles. The van der Waals surface area contributed by atoms with Gasteiger partial charge in [-0.2, -0.15) is 0 Å². The summed E-state index contributed by atoms with van der Waals surface area (Å²) in [6, 6.07) is 0. The molecule has 0 aromatic rings. The van der Waals surface area contributed by atoms with Crippen molar-refractivity contribution in [3.63, 3.8) is 0 Å². The summed E-state index contributed by atoms with van der Waals surface area (Å²) in [4.78, 5) is 19.7. The summed E-state index contributed by atoms with van der Waals surface area (Å²) in [5, 5.41) is 16.1. The van der Waals surface area contributed by atoms with Crippen LogP contribution in [-0.2, 0) is 9.59 Å². The van der Waals surface area contributed by atoms with Gasteiger partial charge in [-0.05, 0) is 0 Å². The van der Waals surface area contributed by atoms with Crippen molar-refractivity contribution in [2.75, 3.05) is 0 Å². The molecule has 0 saturated carbocycles. The second-order valence-electron chi connectivity index (χ2n) is 1.48. The van der Waals surface area contributed by atoms with Gasteiger partial charge in [0, 0.05) is 63.8 Å². The van der Waals surface area contributed by atoms with Crippen molar-refractivity contribution >= 4 is 70.1 Å². The van der Waals surface area contributed by atoms with Gasteiger partial charge < -0.3 is 10.2 Å². The van der Waals surface area contributed by atoms with E-state index in [0.717, 1.165) is 0 Å². The van der Waals surface area contributed by atoms with Gasteiger partial charge in [0.1, 0.15) is 0 Å². The van der Waals surface area contributed by atoms with Crippen LogP contribution in [0.3, 0.4) is 0 Å². The van der Waals surface area contributed by atoms with E-state index >= 15 is 0 Å². The number of carboxylic acids is 2. The first-order valence-corrected chi connectivity index (χ1v) is 2.17. The normalized spacial score (nSPS) is 7.60. The Labute approximate surface area is 107 Å². The third kappa shape index (κ3) is 6.60. The van der Waals surface area contributed by atoms with E-state index in [2.05, 4.69) is 6.58 Å². The number of carbonyl (C=O) groups is 2. The molecule has 0 aromatic carbocycles. The fourth-order valence-corrected chi connectivity index (χ4v) is 0.258. The Hall–Kier alpha value is 0.485. The van der Waals surface area contributed by atoms with Gasteiger partial charge in [0.15, 0.2) is 0 Å². The van der Waals surface area contributed by atoms with Gasteiger partial charge in [-0.25, -0.2) is 4.79 Å². The summed E-state index contributed by atoms with van der Waals surface area (Å²) in [6.07, 6.45) is -0.505. The minimum atomic E-state index is -1.27. The maximum Gasteiger partial charge on any atom is 0.331 e. The van der Waals surface area contributed by atoms with Gasteiger partial charge >= 0.3 is 11.9 Å². The topological polar surface area (TPSA) is 74.6 Å². The molecular weight excluding hydrogens is 210 g/mol. The molecule has 0 bridgehead atoms. The smallest absolute Gasteiger partial charge is 0.331 e. The molecule has 0 aromatic heterocycles. The summed E-state index contributed by atoms with van der Waals surface area (Å²) in [5.74, 6) is -2.44. The van der Waals surface area contributed by atoms with Crippen molar-refractivity contribution in [1.29, 1.82) is 0 Å². The van der Waals surface area contributed by atoms with E-state index in [1.807, 2.05) is 0 Å². The van der Waals surface area contributed by atoms with Crippen molar-refractivity contribution in [1.82, 2.24) is 0 Å². The largest absolute Gasteiger partial charge is 0.481 e. The molecule has 51 valence electrons. The predicted octanol–water partition coefficient (Wildman–Crippen LogP) is -0.279. The van der Waals surface area contributed by atoms with Crippen LogP contribution in [0.15, 0.2) is 12.2 Å². The Balaban J connectivity index is 0. The van der Waals surface area contributed by atoms with Gasteiger partial charge in [0.25, 0.3) is 0 Å². The average Bonchev–Trinajstić information content (AvgIpc) is 1.63. The molecule has 0 amide bonds. The molecular formula is C5H6O4Rb. The molecule has 0 atom stereocenters. The molecule has 0 unspecified atom stereocenters. The quantitative estimate of drug-likeness (QED) is 0.635. The zero-order valence-electron chi connectivity index (χ0n) is 5.63. The van der Waals surface area contributed by atoms with Crippen LogP contribution < -0.4 is 0 Å². The first-order valence-electron chi connectivity index (χ1n) is 2.17. The van der Waals surface area contributed by atoms with Crippen molar-refractivity contribution < 1.29 is 19.8 Å². The number of rotatable bonds is 3. The Kier molecular flexibility index (Phi) is 8.14. The van der Waals surface area contributed by atoms with Crippen LogP contribution in [0.5, 0.6) is 0 Å². The van der Waals surface area contributed by atoms with Crippen molar-refractivity contribution in [2.24, 2.45) is 0 Å². The van der Waals surface area contributed by atoms with E-state index < -0.39 is 18.4 Å². The molecule has 5 heteroatoms. The van der Waals surface area contributed by atoms with Crippen LogP contribution in [0.2, 0.25) is 0 Å². The Morgan fingerprint density at radius 3 is 1.80 bits per heavy atom. The maximum absolute atomic E-state index is 9.87. The Morgan fingerprint density at radius 2 is 1.70 bits per heavy atom. The van der Waals surface area contributed by atoms with Crippen molar-refractivity contribution in [2.45, 2.75) is 6.42 Å². The summed E-state index contributed by atoms with van der Waals surface area (Å²) in [7, 11) is 0. The van der Waals surface area contributed by atoms with E-state index in [1.54, 1.807) is 0 Å². The standard InChI is InChI=1S/C5H6O4.Rb/c1-3(5(8)9)2-4(6)7;/h1-2H2,(H,6,7)(H,8,9);. The summed E-state index contributed by atoms with van der Waals surface area (Å²) >= 11 is 0. The second-order valence-corrected chi connectivity index (χ2v) is 1.48. The molecule has 0 spiro atoms. The molecule has 0 aliphatic carbocycles. The Morgan fingerprint density at radius 1 is 1.30 bits per heavy atom. The zero-order valence-corrected chi connectivity index (χ0v) is 10.5.